The molecule has 2 aromatic rings. The first-order valence-electron chi connectivity index (χ1n) is 6.93. The minimum absolute atomic E-state index is 0.213. The number of carboxylic acids is 1. The van der Waals surface area contributed by atoms with E-state index in [9.17, 15) is 18.8 Å². The van der Waals surface area contributed by atoms with Crippen LogP contribution in [0.5, 0.6) is 0 Å². The summed E-state index contributed by atoms with van der Waals surface area (Å²) in [5, 5.41) is 8.64. The third-order valence-electron chi connectivity index (χ3n) is 3.23. The van der Waals surface area contributed by atoms with E-state index in [4.69, 9.17) is 5.11 Å². The van der Waals surface area contributed by atoms with Crippen molar-refractivity contribution in [1.82, 2.24) is 4.57 Å². The van der Waals surface area contributed by atoms with Crippen molar-refractivity contribution in [3.63, 3.8) is 0 Å². The quantitative estimate of drug-likeness (QED) is 0.329. The zero-order chi connectivity index (χ0) is 17.7. The molecule has 0 bridgehead atoms. The number of carbonyl (C=O) groups excluding carboxylic acids is 2. The van der Waals surface area contributed by atoms with Crippen LogP contribution in [-0.2, 0) is 16.1 Å². The standard InChI is InChI=1S/C16H15FN2O4S/c1-24-18-12-6-13(14(20)7-15(21)16(22)23)19(9-12)8-10-2-4-11(17)5-3-10/h2-6,9,18H,7-8H2,1H3,(H,22,23). The molecule has 1 aromatic heterocycles. The molecule has 126 valence electrons. The van der Waals surface area contributed by atoms with Crippen LogP contribution in [0.1, 0.15) is 22.5 Å². The summed E-state index contributed by atoms with van der Waals surface area (Å²) < 4.78 is 17.6. The van der Waals surface area contributed by atoms with Crippen molar-refractivity contribution in [3.8, 4) is 0 Å². The van der Waals surface area contributed by atoms with Crippen LogP contribution in [0.25, 0.3) is 0 Å². The molecule has 1 heterocycles. The van der Waals surface area contributed by atoms with Crippen LogP contribution in [-0.4, -0.2) is 33.5 Å². The zero-order valence-corrected chi connectivity index (χ0v) is 13.6. The number of nitrogens with one attached hydrogen (secondary N) is 1. The van der Waals surface area contributed by atoms with Crippen molar-refractivity contribution in [1.29, 1.82) is 0 Å². The number of aromatic nitrogens is 1. The van der Waals surface area contributed by atoms with E-state index < -0.39 is 24.0 Å². The van der Waals surface area contributed by atoms with Gasteiger partial charge in [-0.1, -0.05) is 24.1 Å². The second-order valence-corrected chi connectivity index (χ2v) is 5.62. The number of hydrogen-bond acceptors (Lipinski definition) is 5. The summed E-state index contributed by atoms with van der Waals surface area (Å²) in [4.78, 5) is 34.1. The van der Waals surface area contributed by atoms with Crippen molar-refractivity contribution < 1.29 is 23.9 Å². The monoisotopic (exact) mass is 350 g/mol. The lowest BCUT2D eigenvalue weighted by Crippen LogP contribution is -2.19. The summed E-state index contributed by atoms with van der Waals surface area (Å²) >= 11 is 1.33. The highest BCUT2D eigenvalue weighted by Crippen LogP contribution is 2.20. The molecule has 2 N–H and O–H groups in total. The largest absolute Gasteiger partial charge is 0.475 e. The van der Waals surface area contributed by atoms with Crippen molar-refractivity contribution in [2.75, 3.05) is 11.0 Å². The van der Waals surface area contributed by atoms with E-state index in [1.165, 1.54) is 24.1 Å². The summed E-state index contributed by atoms with van der Waals surface area (Å²) in [5.74, 6) is -3.74. The molecule has 0 aliphatic carbocycles. The predicted octanol–water partition coefficient (Wildman–Crippen LogP) is 2.59. The number of hydrogen-bond donors (Lipinski definition) is 2. The predicted molar refractivity (Wildman–Crippen MR) is 88.7 cm³/mol. The second kappa shape index (κ2) is 7.78. The smallest absolute Gasteiger partial charge is 0.372 e. The number of aliphatic carboxylic acids is 1. The van der Waals surface area contributed by atoms with Gasteiger partial charge in [-0.05, 0) is 23.8 Å². The second-order valence-electron chi connectivity index (χ2n) is 5.00. The number of Topliss-reactive ketones (excluding diaryl/α,β-unsaturated/α-hetero) is 2. The van der Waals surface area contributed by atoms with Gasteiger partial charge in [0.15, 0.2) is 5.78 Å². The highest BCUT2D eigenvalue weighted by molar-refractivity contribution is 7.99. The normalized spacial score (nSPS) is 10.4. The lowest BCUT2D eigenvalue weighted by molar-refractivity contribution is -0.148. The Morgan fingerprint density at radius 3 is 2.50 bits per heavy atom. The molecule has 0 aliphatic rings. The summed E-state index contributed by atoms with van der Waals surface area (Å²) in [6, 6.07) is 7.36. The molecular formula is C16H15FN2O4S. The summed E-state index contributed by atoms with van der Waals surface area (Å²) in [6.45, 7) is 0.290. The molecule has 0 atom stereocenters. The fourth-order valence-electron chi connectivity index (χ4n) is 2.15. The number of anilines is 1. The van der Waals surface area contributed by atoms with Crippen molar-refractivity contribution in [3.05, 3.63) is 53.6 Å². The van der Waals surface area contributed by atoms with Gasteiger partial charge in [-0.15, -0.1) is 0 Å². The number of carbonyl (C=O) groups is 3. The number of halogens is 1. The molecule has 8 heteroatoms. The van der Waals surface area contributed by atoms with Gasteiger partial charge in [-0.3, -0.25) is 9.59 Å². The molecule has 0 unspecified atom stereocenters. The lowest BCUT2D eigenvalue weighted by Gasteiger charge is -2.08. The van der Waals surface area contributed by atoms with Crippen LogP contribution in [0.2, 0.25) is 0 Å². The average molecular weight is 350 g/mol. The van der Waals surface area contributed by atoms with E-state index in [-0.39, 0.29) is 11.5 Å². The van der Waals surface area contributed by atoms with E-state index in [2.05, 4.69) is 4.72 Å². The molecule has 0 radical (unpaired) electrons. The maximum Gasteiger partial charge on any atom is 0.372 e. The fraction of sp³-hybridized carbons (Fsp3) is 0.188. The van der Waals surface area contributed by atoms with Gasteiger partial charge in [0.25, 0.3) is 0 Å². The lowest BCUT2D eigenvalue weighted by atomic mass is 10.1. The van der Waals surface area contributed by atoms with Gasteiger partial charge in [0.2, 0.25) is 5.78 Å². The van der Waals surface area contributed by atoms with Crippen LogP contribution >= 0.6 is 11.9 Å². The molecule has 1 aromatic carbocycles. The molecule has 0 fully saturated rings. The minimum atomic E-state index is -1.64. The molecule has 6 nitrogen and oxygen atoms in total. The van der Waals surface area contributed by atoms with Gasteiger partial charge in [0.05, 0.1) is 17.8 Å². The Bertz CT molecular complexity index is 771. The SMILES string of the molecule is CSNc1cc(C(=O)CC(=O)C(=O)O)n(Cc2ccc(F)cc2)c1. The third-order valence-corrected chi connectivity index (χ3v) is 3.67. The van der Waals surface area contributed by atoms with Gasteiger partial charge in [-0.2, -0.15) is 0 Å². The Hall–Kier alpha value is -2.61. The Labute approximate surface area is 141 Å². The van der Waals surface area contributed by atoms with Crippen molar-refractivity contribution >= 4 is 35.2 Å². The van der Waals surface area contributed by atoms with Crippen LogP contribution in [0.3, 0.4) is 0 Å². The molecular weight excluding hydrogens is 335 g/mol. The fourth-order valence-corrected chi connectivity index (χ4v) is 2.50. The van der Waals surface area contributed by atoms with Gasteiger partial charge in [0, 0.05) is 19.0 Å². The average Bonchev–Trinajstić information content (AvgIpc) is 2.92. The molecule has 0 amide bonds. The Kier molecular flexibility index (Phi) is 5.75. The van der Waals surface area contributed by atoms with Crippen molar-refractivity contribution in [2.45, 2.75) is 13.0 Å². The van der Waals surface area contributed by atoms with E-state index >= 15 is 0 Å². The van der Waals surface area contributed by atoms with Crippen LogP contribution in [0, 0.1) is 5.82 Å². The highest BCUT2D eigenvalue weighted by Gasteiger charge is 2.21. The van der Waals surface area contributed by atoms with E-state index in [0.717, 1.165) is 5.56 Å². The summed E-state index contributed by atoms with van der Waals surface area (Å²) in [7, 11) is 0. The van der Waals surface area contributed by atoms with Crippen LogP contribution < -0.4 is 4.72 Å². The first-order chi connectivity index (χ1) is 11.4. The summed E-state index contributed by atoms with van der Waals surface area (Å²) in [5.41, 5.74) is 1.63. The molecule has 0 spiro atoms. The molecule has 0 saturated carbocycles. The van der Waals surface area contributed by atoms with Gasteiger partial charge < -0.3 is 14.4 Å². The Morgan fingerprint density at radius 2 is 1.92 bits per heavy atom. The molecule has 2 rings (SSSR count). The Balaban J connectivity index is 2.28. The molecule has 24 heavy (non-hydrogen) atoms. The van der Waals surface area contributed by atoms with Gasteiger partial charge >= 0.3 is 5.97 Å². The third kappa shape index (κ3) is 4.45. The van der Waals surface area contributed by atoms with Crippen LogP contribution in [0.4, 0.5) is 10.1 Å². The van der Waals surface area contributed by atoms with Crippen LogP contribution in [0.15, 0.2) is 36.5 Å². The zero-order valence-electron chi connectivity index (χ0n) is 12.8. The van der Waals surface area contributed by atoms with Gasteiger partial charge in [0.1, 0.15) is 5.82 Å². The minimum Gasteiger partial charge on any atom is -0.475 e. The number of nitrogens with zero attached hydrogens (tertiary/aromatic N) is 1. The van der Waals surface area contributed by atoms with E-state index in [1.807, 2.05) is 6.26 Å². The Morgan fingerprint density at radius 1 is 1.25 bits per heavy atom. The molecule has 0 aliphatic heterocycles. The topological polar surface area (TPSA) is 88.4 Å². The number of ketones is 2. The summed E-state index contributed by atoms with van der Waals surface area (Å²) in [6.07, 6.45) is 2.78. The number of benzene rings is 1. The van der Waals surface area contributed by atoms with Gasteiger partial charge in [-0.25, -0.2) is 9.18 Å². The first-order valence-corrected chi connectivity index (χ1v) is 8.16. The van der Waals surface area contributed by atoms with E-state index in [1.54, 1.807) is 29.0 Å². The van der Waals surface area contributed by atoms with E-state index in [0.29, 0.717) is 12.2 Å². The maximum atomic E-state index is 13.0. The number of carboxylic acid groups (broad SMARTS) is 1. The number of rotatable bonds is 8. The van der Waals surface area contributed by atoms with Crippen molar-refractivity contribution in [2.24, 2.45) is 0 Å². The molecule has 0 saturated heterocycles. The maximum absolute atomic E-state index is 13.0. The first kappa shape index (κ1) is 17.7. The highest BCUT2D eigenvalue weighted by atomic mass is 32.2.